The van der Waals surface area contributed by atoms with Gasteiger partial charge >= 0.3 is 17.8 Å². The molecule has 0 N–H and O–H groups in total. The molecule has 1 aliphatic carbocycles. The normalized spacial score (nSPS) is 27.7. The van der Waals surface area contributed by atoms with Crippen LogP contribution in [0.15, 0.2) is 0 Å². The second kappa shape index (κ2) is 3.84. The summed E-state index contributed by atoms with van der Waals surface area (Å²) in [5, 5.41) is 0. The highest BCUT2D eigenvalue weighted by Crippen LogP contribution is 2.70. The molecule has 0 spiro atoms. The van der Waals surface area contributed by atoms with Crippen LogP contribution in [0.5, 0.6) is 0 Å². The lowest BCUT2D eigenvalue weighted by molar-refractivity contribution is -0.473. The fourth-order valence-corrected chi connectivity index (χ4v) is 2.87. The van der Waals surface area contributed by atoms with Crippen molar-refractivity contribution < 1.29 is 35.2 Å². The fourth-order valence-electron chi connectivity index (χ4n) is 1.72. The van der Waals surface area contributed by atoms with Crippen molar-refractivity contribution in [3.8, 4) is 0 Å². The Kier molecular flexibility index (Phi) is 3.36. The second-order valence-corrected chi connectivity index (χ2v) is 9.42. The van der Waals surface area contributed by atoms with E-state index in [4.69, 9.17) is 4.43 Å². The molecule has 1 nitrogen and oxygen atoms in total. The summed E-state index contributed by atoms with van der Waals surface area (Å²) >= 11 is 0. The molecule has 0 saturated heterocycles. The maximum atomic E-state index is 13.6. The molecule has 18 heavy (non-hydrogen) atoms. The molecule has 1 aliphatic rings. The van der Waals surface area contributed by atoms with Gasteiger partial charge < -0.3 is 4.43 Å². The van der Waals surface area contributed by atoms with Crippen LogP contribution in [0.25, 0.3) is 0 Å². The Labute approximate surface area is 100 Å². The van der Waals surface area contributed by atoms with Crippen LogP contribution in [-0.2, 0) is 4.43 Å². The van der Waals surface area contributed by atoms with E-state index >= 15 is 0 Å². The summed E-state index contributed by atoms with van der Waals surface area (Å²) < 4.78 is 95.2. The number of hydrogen-bond acceptors (Lipinski definition) is 1. The maximum absolute atomic E-state index is 13.6. The topological polar surface area (TPSA) is 9.23 Å². The highest BCUT2D eigenvalue weighted by atomic mass is 28.4. The predicted octanol–water partition coefficient (Wildman–Crippen LogP) is 3.86. The van der Waals surface area contributed by atoms with Gasteiger partial charge in [0.05, 0.1) is 0 Å². The first-order valence-electron chi connectivity index (χ1n) is 5.14. The molecule has 9 heteroatoms. The molecule has 0 unspecified atom stereocenters. The van der Waals surface area contributed by atoms with Crippen molar-refractivity contribution in [3.05, 3.63) is 0 Å². The smallest absolute Gasteiger partial charge is 0.379 e. The minimum Gasteiger partial charge on any atom is -0.420 e. The first-order chi connectivity index (χ1) is 7.77. The van der Waals surface area contributed by atoms with E-state index < -0.39 is 44.2 Å². The van der Waals surface area contributed by atoms with Crippen LogP contribution in [-0.4, -0.2) is 38.9 Å². The SMILES string of the molecule is CO[Si](C)(C)CCC1(F)C(F)(F)C(F)(F)C1(F)F. The molecule has 1 rings (SSSR count). The molecule has 0 amide bonds. The summed E-state index contributed by atoms with van der Waals surface area (Å²) in [4.78, 5) is 0. The average Bonchev–Trinajstić information content (AvgIpc) is 2.24. The van der Waals surface area contributed by atoms with E-state index in [1.165, 1.54) is 20.2 Å². The Hall–Kier alpha value is -0.313. The van der Waals surface area contributed by atoms with Crippen molar-refractivity contribution in [2.45, 2.75) is 49.0 Å². The van der Waals surface area contributed by atoms with Gasteiger partial charge in [-0.05, 0) is 25.6 Å². The minimum atomic E-state index is -5.65. The summed E-state index contributed by atoms with van der Waals surface area (Å²) in [6.45, 7) is 2.98. The summed E-state index contributed by atoms with van der Waals surface area (Å²) in [6.07, 6.45) is -1.35. The van der Waals surface area contributed by atoms with Gasteiger partial charge in [0.25, 0.3) is 0 Å². The minimum absolute atomic E-state index is 0.402. The number of hydrogen-bond donors (Lipinski definition) is 0. The van der Waals surface area contributed by atoms with Gasteiger partial charge in [0.2, 0.25) is 5.67 Å². The first kappa shape index (κ1) is 15.7. The van der Waals surface area contributed by atoms with Gasteiger partial charge in [-0.3, -0.25) is 0 Å². The van der Waals surface area contributed by atoms with Crippen LogP contribution in [0.1, 0.15) is 6.42 Å². The van der Waals surface area contributed by atoms with Crippen LogP contribution in [0, 0.1) is 0 Å². The Morgan fingerprint density at radius 2 is 1.22 bits per heavy atom. The molecule has 0 aromatic heterocycles. The second-order valence-electron chi connectivity index (χ2n) is 4.99. The summed E-state index contributed by atoms with van der Waals surface area (Å²) in [7, 11) is -1.35. The van der Waals surface area contributed by atoms with Crippen LogP contribution >= 0.6 is 0 Å². The number of rotatable bonds is 4. The van der Waals surface area contributed by atoms with Crippen molar-refractivity contribution in [1.29, 1.82) is 0 Å². The summed E-state index contributed by atoms with van der Waals surface area (Å²) in [5.41, 5.74) is -4.51. The lowest BCUT2D eigenvalue weighted by Crippen LogP contribution is -2.84. The van der Waals surface area contributed by atoms with Crippen LogP contribution in [0.2, 0.25) is 19.1 Å². The first-order valence-corrected chi connectivity index (χ1v) is 8.26. The fraction of sp³-hybridized carbons (Fsp3) is 1.00. The van der Waals surface area contributed by atoms with Gasteiger partial charge in [-0.15, -0.1) is 0 Å². The number of halogens is 7. The van der Waals surface area contributed by atoms with E-state index in [0.717, 1.165) is 0 Å². The standard InChI is InChI=1S/C9H13F7OSi/c1-17-18(2,3)5-4-6(10)7(11,12)9(15,16)8(6,13)14/h4-5H2,1-3H3. The van der Waals surface area contributed by atoms with Crippen molar-refractivity contribution in [2.75, 3.05) is 7.11 Å². The molecule has 1 fully saturated rings. The third-order valence-corrected chi connectivity index (χ3v) is 5.97. The summed E-state index contributed by atoms with van der Waals surface area (Å²) in [6, 6.07) is -0.402. The van der Waals surface area contributed by atoms with Gasteiger partial charge in [0.15, 0.2) is 8.32 Å². The lowest BCUT2D eigenvalue weighted by atomic mass is 9.68. The zero-order valence-electron chi connectivity index (χ0n) is 9.97. The van der Waals surface area contributed by atoms with Gasteiger partial charge in [0, 0.05) is 7.11 Å². The predicted molar refractivity (Wildman–Crippen MR) is 52.6 cm³/mol. The molecule has 0 aromatic rings. The lowest BCUT2D eigenvalue weighted by Gasteiger charge is -2.54. The maximum Gasteiger partial charge on any atom is 0.379 e. The molecule has 108 valence electrons. The van der Waals surface area contributed by atoms with Crippen LogP contribution < -0.4 is 0 Å². The summed E-state index contributed by atoms with van der Waals surface area (Å²) in [5.74, 6) is -16.4. The molecule has 0 aliphatic heterocycles. The van der Waals surface area contributed by atoms with E-state index in [1.54, 1.807) is 0 Å². The van der Waals surface area contributed by atoms with Crippen molar-refractivity contribution in [2.24, 2.45) is 0 Å². The van der Waals surface area contributed by atoms with E-state index in [0.29, 0.717) is 0 Å². The molecule has 0 bridgehead atoms. The van der Waals surface area contributed by atoms with Crippen LogP contribution in [0.3, 0.4) is 0 Å². The molecule has 1 saturated carbocycles. The Morgan fingerprint density at radius 3 is 1.56 bits per heavy atom. The van der Waals surface area contributed by atoms with E-state index in [2.05, 4.69) is 0 Å². The van der Waals surface area contributed by atoms with Gasteiger partial charge in [-0.1, -0.05) is 0 Å². The van der Waals surface area contributed by atoms with Gasteiger partial charge in [0.1, 0.15) is 0 Å². The van der Waals surface area contributed by atoms with E-state index in [-0.39, 0.29) is 0 Å². The zero-order chi connectivity index (χ0) is 14.6. The Morgan fingerprint density at radius 1 is 0.833 bits per heavy atom. The third-order valence-electron chi connectivity index (χ3n) is 3.41. The van der Waals surface area contributed by atoms with Crippen LogP contribution in [0.4, 0.5) is 30.7 Å². The van der Waals surface area contributed by atoms with Crippen molar-refractivity contribution in [1.82, 2.24) is 0 Å². The average molecular weight is 298 g/mol. The van der Waals surface area contributed by atoms with Crippen molar-refractivity contribution in [3.63, 3.8) is 0 Å². The molecule has 0 heterocycles. The molecular weight excluding hydrogens is 285 g/mol. The van der Waals surface area contributed by atoms with Crippen molar-refractivity contribution >= 4 is 8.32 Å². The highest BCUT2D eigenvalue weighted by Gasteiger charge is 2.99. The quantitative estimate of drug-likeness (QED) is 0.566. The monoisotopic (exact) mass is 298 g/mol. The van der Waals surface area contributed by atoms with E-state index in [9.17, 15) is 30.7 Å². The van der Waals surface area contributed by atoms with Gasteiger partial charge in [-0.25, -0.2) is 4.39 Å². The van der Waals surface area contributed by atoms with Gasteiger partial charge in [-0.2, -0.15) is 26.3 Å². The third kappa shape index (κ3) is 1.62. The molecule has 0 radical (unpaired) electrons. The number of alkyl halides is 7. The molecule has 0 atom stereocenters. The highest BCUT2D eigenvalue weighted by molar-refractivity contribution is 6.71. The molecular formula is C9H13F7OSi. The Balaban J connectivity index is 2.94. The largest absolute Gasteiger partial charge is 0.420 e. The van der Waals surface area contributed by atoms with E-state index in [1.807, 2.05) is 0 Å². The molecule has 0 aromatic carbocycles. The zero-order valence-corrected chi connectivity index (χ0v) is 11.0. The Bertz CT molecular complexity index is 324.